The predicted octanol–water partition coefficient (Wildman–Crippen LogP) is 3.11. The Morgan fingerprint density at radius 2 is 2.00 bits per heavy atom. The first kappa shape index (κ1) is 15.1. The maximum atomic E-state index is 12.9. The van der Waals surface area contributed by atoms with E-state index in [1.807, 2.05) is 31.2 Å². The lowest BCUT2D eigenvalue weighted by Gasteiger charge is -2.06. The summed E-state index contributed by atoms with van der Waals surface area (Å²) < 4.78 is 2.10. The summed E-state index contributed by atoms with van der Waals surface area (Å²) in [6.45, 7) is 2.73. The summed E-state index contributed by atoms with van der Waals surface area (Å²) in [5, 5.41) is 4.00. The minimum absolute atomic E-state index is 0.114. The smallest absolute Gasteiger partial charge is 0.275 e. The van der Waals surface area contributed by atoms with Crippen molar-refractivity contribution in [3.63, 3.8) is 0 Å². The van der Waals surface area contributed by atoms with Crippen LogP contribution in [-0.2, 0) is 0 Å². The van der Waals surface area contributed by atoms with Crippen LogP contribution in [0, 0.1) is 0 Å². The van der Waals surface area contributed by atoms with Crippen molar-refractivity contribution in [3.8, 4) is 5.69 Å². The Kier molecular flexibility index (Phi) is 3.70. The van der Waals surface area contributed by atoms with Crippen LogP contribution < -0.4 is 10.9 Å². The molecule has 0 radical (unpaired) electrons. The molecule has 1 aromatic carbocycles. The number of hydrogen-bond donors (Lipinski definition) is 2. The molecule has 0 aliphatic rings. The molecule has 0 aliphatic carbocycles. The highest BCUT2D eigenvalue weighted by Gasteiger charge is 2.16. The van der Waals surface area contributed by atoms with E-state index in [2.05, 4.69) is 32.9 Å². The van der Waals surface area contributed by atoms with Crippen molar-refractivity contribution in [2.75, 3.05) is 11.9 Å². The van der Waals surface area contributed by atoms with Crippen LogP contribution in [0.3, 0.4) is 0 Å². The molecule has 0 saturated carbocycles. The van der Waals surface area contributed by atoms with Crippen LogP contribution in [0.5, 0.6) is 0 Å². The van der Waals surface area contributed by atoms with Gasteiger partial charge in [0.2, 0.25) is 0 Å². The first-order valence-corrected chi connectivity index (χ1v) is 8.63. The van der Waals surface area contributed by atoms with Crippen LogP contribution >= 0.6 is 24.0 Å². The van der Waals surface area contributed by atoms with Crippen LogP contribution in [0.2, 0.25) is 0 Å². The van der Waals surface area contributed by atoms with Crippen molar-refractivity contribution >= 4 is 50.2 Å². The Balaban J connectivity index is 2.00. The molecular formula is C16H13N5OS2. The molecule has 6 nitrogen and oxygen atoms in total. The Morgan fingerprint density at radius 1 is 1.21 bits per heavy atom. The van der Waals surface area contributed by atoms with Gasteiger partial charge in [-0.1, -0.05) is 0 Å². The molecule has 0 amide bonds. The molecule has 24 heavy (non-hydrogen) atoms. The average molecular weight is 355 g/mol. The van der Waals surface area contributed by atoms with Gasteiger partial charge in [-0.3, -0.25) is 9.36 Å². The van der Waals surface area contributed by atoms with E-state index >= 15 is 0 Å². The van der Waals surface area contributed by atoms with Gasteiger partial charge in [0.25, 0.3) is 5.56 Å². The maximum absolute atomic E-state index is 12.9. The molecule has 0 aliphatic heterocycles. The van der Waals surface area contributed by atoms with Gasteiger partial charge in [-0.05, 0) is 31.2 Å². The topological polar surface area (TPSA) is 72.7 Å². The summed E-state index contributed by atoms with van der Waals surface area (Å²) in [6.07, 6.45) is 3.05. The molecule has 0 atom stereocenters. The third-order valence-electron chi connectivity index (χ3n) is 3.65. The average Bonchev–Trinajstić information content (AvgIpc) is 2.97. The van der Waals surface area contributed by atoms with Crippen molar-refractivity contribution < 1.29 is 0 Å². The van der Waals surface area contributed by atoms with Gasteiger partial charge in [-0.2, -0.15) is 0 Å². The van der Waals surface area contributed by atoms with Crippen LogP contribution in [0.1, 0.15) is 6.92 Å². The minimum atomic E-state index is -0.114. The molecule has 4 aromatic rings. The predicted molar refractivity (Wildman–Crippen MR) is 99.7 cm³/mol. The zero-order valence-corrected chi connectivity index (χ0v) is 14.4. The van der Waals surface area contributed by atoms with Crippen molar-refractivity contribution in [3.05, 3.63) is 47.3 Å². The lowest BCUT2D eigenvalue weighted by Crippen LogP contribution is -2.17. The van der Waals surface area contributed by atoms with E-state index in [1.165, 1.54) is 22.2 Å². The first-order valence-electron chi connectivity index (χ1n) is 7.37. The molecule has 3 heterocycles. The molecule has 3 aromatic heterocycles. The highest BCUT2D eigenvalue weighted by atomic mass is 32.1. The van der Waals surface area contributed by atoms with Crippen molar-refractivity contribution in [2.24, 2.45) is 0 Å². The van der Waals surface area contributed by atoms with Gasteiger partial charge in [0.05, 0.1) is 11.1 Å². The standard InChI is InChI=1S/C16H13N5OS2/c1-2-17-14-11-12-13(24-15(11)19-7-18-14)16(22)21(8-20-12)9-3-5-10(23)6-4-9/h3-8,23H,2H2,1H3,(H,17,18,19). The maximum Gasteiger partial charge on any atom is 0.275 e. The number of hydrogen-bond acceptors (Lipinski definition) is 7. The summed E-state index contributed by atoms with van der Waals surface area (Å²) >= 11 is 5.61. The van der Waals surface area contributed by atoms with E-state index in [1.54, 1.807) is 6.33 Å². The molecule has 0 spiro atoms. The van der Waals surface area contributed by atoms with Crippen LogP contribution in [-0.4, -0.2) is 26.1 Å². The number of nitrogens with one attached hydrogen (secondary N) is 1. The van der Waals surface area contributed by atoms with E-state index in [-0.39, 0.29) is 5.56 Å². The fraction of sp³-hybridized carbons (Fsp3) is 0.125. The highest BCUT2D eigenvalue weighted by molar-refractivity contribution is 7.80. The van der Waals surface area contributed by atoms with Gasteiger partial charge in [0.1, 0.15) is 33.5 Å². The molecule has 0 fully saturated rings. The van der Waals surface area contributed by atoms with E-state index in [0.717, 1.165) is 27.3 Å². The molecule has 4 rings (SSSR count). The third kappa shape index (κ3) is 2.35. The van der Waals surface area contributed by atoms with E-state index in [0.29, 0.717) is 16.0 Å². The number of thiol groups is 1. The number of thiophene rings is 1. The van der Waals surface area contributed by atoms with Gasteiger partial charge in [-0.25, -0.2) is 15.0 Å². The Labute approximate surface area is 146 Å². The van der Waals surface area contributed by atoms with Crippen LogP contribution in [0.25, 0.3) is 26.1 Å². The van der Waals surface area contributed by atoms with Gasteiger partial charge in [-0.15, -0.1) is 24.0 Å². The minimum Gasteiger partial charge on any atom is -0.370 e. The summed E-state index contributed by atoms with van der Waals surface area (Å²) in [4.78, 5) is 27.6. The second kappa shape index (κ2) is 5.88. The summed E-state index contributed by atoms with van der Waals surface area (Å²) in [5.41, 5.74) is 1.28. The van der Waals surface area contributed by atoms with E-state index in [4.69, 9.17) is 0 Å². The Morgan fingerprint density at radius 3 is 2.75 bits per heavy atom. The van der Waals surface area contributed by atoms with Crippen molar-refractivity contribution in [2.45, 2.75) is 11.8 Å². The first-order chi connectivity index (χ1) is 11.7. The van der Waals surface area contributed by atoms with E-state index < -0.39 is 0 Å². The quantitative estimate of drug-likeness (QED) is 0.553. The third-order valence-corrected chi connectivity index (χ3v) is 5.02. The fourth-order valence-electron chi connectivity index (χ4n) is 2.56. The van der Waals surface area contributed by atoms with Crippen LogP contribution in [0.4, 0.5) is 5.82 Å². The van der Waals surface area contributed by atoms with Crippen molar-refractivity contribution in [1.29, 1.82) is 0 Å². The molecule has 0 saturated heterocycles. The monoisotopic (exact) mass is 355 g/mol. The Hall–Kier alpha value is -2.45. The molecule has 0 unspecified atom stereocenters. The number of fused-ring (bicyclic) bond motifs is 3. The summed E-state index contributed by atoms with van der Waals surface area (Å²) in [5.74, 6) is 0.706. The lowest BCUT2D eigenvalue weighted by molar-refractivity contribution is 0.965. The second-order valence-corrected chi connectivity index (χ2v) is 6.66. The van der Waals surface area contributed by atoms with Crippen molar-refractivity contribution in [1.82, 2.24) is 19.5 Å². The number of aromatic nitrogens is 4. The van der Waals surface area contributed by atoms with Gasteiger partial charge < -0.3 is 5.32 Å². The fourth-order valence-corrected chi connectivity index (χ4v) is 3.74. The Bertz CT molecular complexity index is 1100. The molecule has 8 heteroatoms. The zero-order valence-electron chi connectivity index (χ0n) is 12.7. The highest BCUT2D eigenvalue weighted by Crippen LogP contribution is 2.32. The van der Waals surface area contributed by atoms with Crippen LogP contribution in [0.15, 0.2) is 46.6 Å². The second-order valence-electron chi connectivity index (χ2n) is 5.15. The normalized spacial score (nSPS) is 11.2. The largest absolute Gasteiger partial charge is 0.370 e. The van der Waals surface area contributed by atoms with E-state index in [9.17, 15) is 4.79 Å². The molecular weight excluding hydrogens is 342 g/mol. The number of benzene rings is 1. The summed E-state index contributed by atoms with van der Waals surface area (Å²) in [6, 6.07) is 7.37. The van der Waals surface area contributed by atoms with Gasteiger partial charge in [0.15, 0.2) is 0 Å². The van der Waals surface area contributed by atoms with Gasteiger partial charge in [0, 0.05) is 11.4 Å². The zero-order chi connectivity index (χ0) is 16.7. The number of anilines is 1. The molecule has 1 N–H and O–H groups in total. The lowest BCUT2D eigenvalue weighted by atomic mass is 10.3. The van der Waals surface area contributed by atoms with Gasteiger partial charge >= 0.3 is 0 Å². The number of rotatable bonds is 3. The number of nitrogens with zero attached hydrogens (tertiary/aromatic N) is 4. The molecule has 120 valence electrons. The summed E-state index contributed by atoms with van der Waals surface area (Å²) in [7, 11) is 0. The SMILES string of the molecule is CCNc1ncnc2sc3c(=O)n(-c4ccc(S)cc4)cnc3c12. The molecule has 0 bridgehead atoms.